The van der Waals surface area contributed by atoms with Gasteiger partial charge in [-0.2, -0.15) is 8.78 Å². The van der Waals surface area contributed by atoms with Crippen molar-refractivity contribution in [3.8, 4) is 5.75 Å². The van der Waals surface area contributed by atoms with E-state index in [4.69, 9.17) is 4.74 Å². The van der Waals surface area contributed by atoms with Gasteiger partial charge in [0.1, 0.15) is 5.75 Å². The van der Waals surface area contributed by atoms with Crippen molar-refractivity contribution in [3.05, 3.63) is 29.8 Å². The average molecular weight is 354 g/mol. The molecule has 2 heterocycles. The lowest BCUT2D eigenvalue weighted by Gasteiger charge is -2.37. The number of likely N-dealkylation sites (tertiary alicyclic amines) is 1. The van der Waals surface area contributed by atoms with Gasteiger partial charge < -0.3 is 9.47 Å². The van der Waals surface area contributed by atoms with E-state index in [1.165, 1.54) is 19.3 Å². The van der Waals surface area contributed by atoms with Crippen LogP contribution in [-0.2, 0) is 11.3 Å². The standard InChI is InChI=1S/C19H28F2N2O2/c20-19(21)25-18-6-3-4-16(14-18)15-23-8-2-1-5-17(23)7-9-22-10-12-24-13-11-22/h3-4,6,14,17,19H,1-2,5,7-13,15H2/t17-/m0/s1. The molecule has 0 aromatic heterocycles. The third-order valence-electron chi connectivity index (χ3n) is 5.14. The van der Waals surface area contributed by atoms with Crippen LogP contribution >= 0.6 is 0 Å². The summed E-state index contributed by atoms with van der Waals surface area (Å²) in [4.78, 5) is 4.98. The fourth-order valence-corrected chi connectivity index (χ4v) is 3.81. The number of morpholine rings is 1. The van der Waals surface area contributed by atoms with Crippen LogP contribution in [0.4, 0.5) is 8.78 Å². The first kappa shape index (κ1) is 18.5. The first-order valence-electron chi connectivity index (χ1n) is 9.28. The van der Waals surface area contributed by atoms with Crippen LogP contribution in [0, 0.1) is 0 Å². The second-order valence-corrected chi connectivity index (χ2v) is 6.89. The Morgan fingerprint density at radius 3 is 2.80 bits per heavy atom. The summed E-state index contributed by atoms with van der Waals surface area (Å²) in [5.74, 6) is 0.245. The van der Waals surface area contributed by atoms with E-state index >= 15 is 0 Å². The molecule has 1 aromatic carbocycles. The van der Waals surface area contributed by atoms with Crippen LogP contribution in [0.15, 0.2) is 24.3 Å². The van der Waals surface area contributed by atoms with Gasteiger partial charge in [-0.05, 0) is 50.0 Å². The number of halogens is 2. The molecule has 3 rings (SSSR count). The maximum Gasteiger partial charge on any atom is 0.387 e. The molecule has 1 aromatic rings. The lowest BCUT2D eigenvalue weighted by molar-refractivity contribution is -0.0499. The number of hydrogen-bond donors (Lipinski definition) is 0. The summed E-state index contributed by atoms with van der Waals surface area (Å²) < 4.78 is 34.7. The second-order valence-electron chi connectivity index (χ2n) is 6.89. The van der Waals surface area contributed by atoms with E-state index < -0.39 is 6.61 Å². The van der Waals surface area contributed by atoms with Crippen molar-refractivity contribution >= 4 is 0 Å². The molecular weight excluding hydrogens is 326 g/mol. The van der Waals surface area contributed by atoms with Gasteiger partial charge in [0.15, 0.2) is 0 Å². The zero-order valence-corrected chi connectivity index (χ0v) is 14.7. The first-order valence-corrected chi connectivity index (χ1v) is 9.28. The fourth-order valence-electron chi connectivity index (χ4n) is 3.81. The Hall–Kier alpha value is -1.24. The Kier molecular flexibility index (Phi) is 7.02. The van der Waals surface area contributed by atoms with Gasteiger partial charge in [-0.25, -0.2) is 0 Å². The van der Waals surface area contributed by atoms with E-state index in [1.54, 1.807) is 18.2 Å². The van der Waals surface area contributed by atoms with E-state index in [2.05, 4.69) is 14.5 Å². The monoisotopic (exact) mass is 354 g/mol. The van der Waals surface area contributed by atoms with Crippen molar-refractivity contribution in [2.24, 2.45) is 0 Å². The Balaban J connectivity index is 1.55. The number of piperidine rings is 1. The molecule has 0 radical (unpaired) electrons. The molecule has 4 nitrogen and oxygen atoms in total. The number of ether oxygens (including phenoxy) is 2. The minimum atomic E-state index is -2.77. The van der Waals surface area contributed by atoms with Gasteiger partial charge in [-0.15, -0.1) is 0 Å². The third kappa shape index (κ3) is 5.90. The van der Waals surface area contributed by atoms with Crippen LogP contribution in [0.5, 0.6) is 5.75 Å². The van der Waals surface area contributed by atoms with Crippen LogP contribution < -0.4 is 4.74 Å². The molecule has 0 amide bonds. The summed E-state index contributed by atoms with van der Waals surface area (Å²) in [6, 6.07) is 7.67. The largest absolute Gasteiger partial charge is 0.435 e. The number of benzene rings is 1. The maximum absolute atomic E-state index is 12.4. The van der Waals surface area contributed by atoms with Gasteiger partial charge in [0.05, 0.1) is 13.2 Å². The van der Waals surface area contributed by atoms with Crippen molar-refractivity contribution in [3.63, 3.8) is 0 Å². The summed E-state index contributed by atoms with van der Waals surface area (Å²) >= 11 is 0. The molecule has 2 aliphatic rings. The highest BCUT2D eigenvalue weighted by Crippen LogP contribution is 2.24. The predicted octanol–water partition coefficient (Wildman–Crippen LogP) is 3.36. The van der Waals surface area contributed by atoms with Crippen molar-refractivity contribution in [1.29, 1.82) is 0 Å². The van der Waals surface area contributed by atoms with E-state index in [0.717, 1.165) is 57.9 Å². The Labute approximate surface area is 148 Å². The maximum atomic E-state index is 12.4. The Bertz CT molecular complexity index is 524. The SMILES string of the molecule is FC(F)Oc1cccc(CN2CCCC[C@H]2CCN2CCOCC2)c1. The zero-order valence-electron chi connectivity index (χ0n) is 14.7. The van der Waals surface area contributed by atoms with Crippen LogP contribution in [-0.4, -0.2) is 61.8 Å². The van der Waals surface area contributed by atoms with Gasteiger partial charge in [0.2, 0.25) is 0 Å². The molecule has 140 valence electrons. The van der Waals surface area contributed by atoms with Gasteiger partial charge in [0, 0.05) is 25.7 Å². The molecule has 6 heteroatoms. The summed E-state index contributed by atoms with van der Waals surface area (Å²) in [7, 11) is 0. The molecule has 0 saturated carbocycles. The number of nitrogens with zero attached hydrogens (tertiary/aromatic N) is 2. The molecule has 0 unspecified atom stereocenters. The molecule has 0 aliphatic carbocycles. The average Bonchev–Trinajstić information content (AvgIpc) is 2.62. The predicted molar refractivity (Wildman–Crippen MR) is 93.0 cm³/mol. The molecule has 2 aliphatic heterocycles. The summed E-state index contributed by atoms with van der Waals surface area (Å²) in [6.07, 6.45) is 4.87. The number of rotatable bonds is 7. The minimum Gasteiger partial charge on any atom is -0.435 e. The molecule has 0 bridgehead atoms. The molecule has 2 saturated heterocycles. The van der Waals surface area contributed by atoms with E-state index in [1.807, 2.05) is 6.07 Å². The fraction of sp³-hybridized carbons (Fsp3) is 0.684. The highest BCUT2D eigenvalue weighted by Gasteiger charge is 2.23. The smallest absolute Gasteiger partial charge is 0.387 e. The lowest BCUT2D eigenvalue weighted by Crippen LogP contribution is -2.43. The summed E-state index contributed by atoms with van der Waals surface area (Å²) in [5.41, 5.74) is 1.04. The van der Waals surface area contributed by atoms with E-state index in [9.17, 15) is 8.78 Å². The van der Waals surface area contributed by atoms with Gasteiger partial charge in [0.25, 0.3) is 0 Å². The highest BCUT2D eigenvalue weighted by atomic mass is 19.3. The normalized spacial score (nSPS) is 23.1. The Morgan fingerprint density at radius 1 is 1.16 bits per heavy atom. The van der Waals surface area contributed by atoms with Gasteiger partial charge in [-0.3, -0.25) is 9.80 Å². The van der Waals surface area contributed by atoms with Crippen LogP contribution in [0.1, 0.15) is 31.2 Å². The third-order valence-corrected chi connectivity index (χ3v) is 5.14. The van der Waals surface area contributed by atoms with E-state index in [0.29, 0.717) is 6.04 Å². The molecule has 1 atom stereocenters. The van der Waals surface area contributed by atoms with E-state index in [-0.39, 0.29) is 5.75 Å². The van der Waals surface area contributed by atoms with Crippen LogP contribution in [0.25, 0.3) is 0 Å². The second kappa shape index (κ2) is 9.46. The lowest BCUT2D eigenvalue weighted by atomic mass is 9.98. The number of hydrogen-bond acceptors (Lipinski definition) is 4. The first-order chi connectivity index (χ1) is 12.2. The van der Waals surface area contributed by atoms with Crippen molar-refractivity contribution in [2.45, 2.75) is 44.9 Å². The number of alkyl halides is 2. The van der Waals surface area contributed by atoms with Gasteiger partial charge in [-0.1, -0.05) is 18.6 Å². The zero-order chi connectivity index (χ0) is 17.5. The molecule has 25 heavy (non-hydrogen) atoms. The molecule has 2 fully saturated rings. The quantitative estimate of drug-likeness (QED) is 0.750. The van der Waals surface area contributed by atoms with Crippen molar-refractivity contribution in [2.75, 3.05) is 39.4 Å². The van der Waals surface area contributed by atoms with Crippen molar-refractivity contribution < 1.29 is 18.3 Å². The summed E-state index contributed by atoms with van der Waals surface area (Å²) in [6.45, 7) is 3.95. The molecule has 0 spiro atoms. The van der Waals surface area contributed by atoms with Crippen molar-refractivity contribution in [1.82, 2.24) is 9.80 Å². The topological polar surface area (TPSA) is 24.9 Å². The van der Waals surface area contributed by atoms with Crippen LogP contribution in [0.2, 0.25) is 0 Å². The minimum absolute atomic E-state index is 0.245. The molecular formula is C19H28F2N2O2. The van der Waals surface area contributed by atoms with Gasteiger partial charge >= 0.3 is 6.61 Å². The Morgan fingerprint density at radius 2 is 2.00 bits per heavy atom. The molecule has 0 N–H and O–H groups in total. The highest BCUT2D eigenvalue weighted by molar-refractivity contribution is 5.28. The van der Waals surface area contributed by atoms with Crippen LogP contribution in [0.3, 0.4) is 0 Å². The summed E-state index contributed by atoms with van der Waals surface area (Å²) in [5, 5.41) is 0.